The van der Waals surface area contributed by atoms with Crippen LogP contribution in [0.15, 0.2) is 18.3 Å². The average Bonchev–Trinajstić information content (AvgIpc) is 2.46. The van der Waals surface area contributed by atoms with Crippen LogP contribution >= 0.6 is 0 Å². The van der Waals surface area contributed by atoms with E-state index in [1.54, 1.807) is 13.2 Å². The topological polar surface area (TPSA) is 57.3 Å². The maximum atomic E-state index is 11.6. The number of aromatic nitrogens is 1. The Morgan fingerprint density at radius 2 is 2.44 bits per heavy atom. The summed E-state index contributed by atoms with van der Waals surface area (Å²) < 4.78 is 0. The number of piperidine rings is 1. The lowest BCUT2D eigenvalue weighted by atomic mass is 10.1. The van der Waals surface area contributed by atoms with Gasteiger partial charge in [0.15, 0.2) is 0 Å². The zero-order chi connectivity index (χ0) is 13.0. The molecular weight excluding hydrogens is 228 g/mol. The smallest absolute Gasteiger partial charge is 0.269 e. The van der Waals surface area contributed by atoms with E-state index in [0.29, 0.717) is 11.7 Å². The van der Waals surface area contributed by atoms with Crippen LogP contribution in [0.5, 0.6) is 0 Å². The molecule has 5 nitrogen and oxygen atoms in total. The van der Waals surface area contributed by atoms with Crippen molar-refractivity contribution in [3.05, 3.63) is 24.0 Å². The molecule has 1 aliphatic rings. The zero-order valence-electron chi connectivity index (χ0n) is 10.9. The van der Waals surface area contributed by atoms with E-state index in [0.717, 1.165) is 18.8 Å². The minimum absolute atomic E-state index is 0.146. The van der Waals surface area contributed by atoms with Crippen molar-refractivity contribution in [2.24, 2.45) is 0 Å². The molecule has 1 atom stereocenters. The molecule has 0 bridgehead atoms. The van der Waals surface area contributed by atoms with Gasteiger partial charge in [0.2, 0.25) is 0 Å². The van der Waals surface area contributed by atoms with Crippen LogP contribution in [0.25, 0.3) is 0 Å². The van der Waals surface area contributed by atoms with Crippen LogP contribution in [-0.4, -0.2) is 44.1 Å². The molecular formula is C13H20N4O. The predicted molar refractivity (Wildman–Crippen MR) is 71.9 cm³/mol. The Hall–Kier alpha value is -1.62. The molecule has 0 spiro atoms. The van der Waals surface area contributed by atoms with Gasteiger partial charge >= 0.3 is 0 Å². The quantitative estimate of drug-likeness (QED) is 0.824. The fourth-order valence-corrected chi connectivity index (χ4v) is 2.27. The minimum Gasteiger partial charge on any atom is -0.370 e. The highest BCUT2D eigenvalue weighted by molar-refractivity contribution is 5.92. The van der Waals surface area contributed by atoms with Crippen LogP contribution in [0, 0.1) is 0 Å². The first-order valence-corrected chi connectivity index (χ1v) is 6.34. The van der Waals surface area contributed by atoms with Crippen molar-refractivity contribution in [3.63, 3.8) is 0 Å². The second kappa shape index (κ2) is 5.82. The summed E-state index contributed by atoms with van der Waals surface area (Å²) in [6.45, 7) is 2.10. The molecule has 0 radical (unpaired) electrons. The lowest BCUT2D eigenvalue weighted by Crippen LogP contribution is -2.44. The third-order valence-corrected chi connectivity index (χ3v) is 3.43. The summed E-state index contributed by atoms with van der Waals surface area (Å²) in [7, 11) is 3.69. The number of nitrogens with one attached hydrogen (secondary N) is 2. The van der Waals surface area contributed by atoms with Crippen molar-refractivity contribution >= 4 is 11.6 Å². The van der Waals surface area contributed by atoms with E-state index in [2.05, 4.69) is 27.6 Å². The summed E-state index contributed by atoms with van der Waals surface area (Å²) in [5.41, 5.74) is 1.50. The fourth-order valence-electron chi connectivity index (χ4n) is 2.27. The van der Waals surface area contributed by atoms with Gasteiger partial charge in [0.05, 0.1) is 0 Å². The largest absolute Gasteiger partial charge is 0.370 e. The van der Waals surface area contributed by atoms with Gasteiger partial charge in [-0.15, -0.1) is 0 Å². The highest BCUT2D eigenvalue weighted by Gasteiger charge is 2.18. The second-order valence-electron chi connectivity index (χ2n) is 4.59. The number of pyridine rings is 1. The number of likely N-dealkylation sites (N-methyl/N-ethyl adjacent to an activating group) is 1. The Morgan fingerprint density at radius 3 is 3.11 bits per heavy atom. The molecule has 0 aliphatic carbocycles. The summed E-state index contributed by atoms with van der Waals surface area (Å²) in [6.07, 6.45) is 4.07. The average molecular weight is 248 g/mol. The number of amides is 1. The Morgan fingerprint density at radius 1 is 1.61 bits per heavy atom. The molecule has 2 rings (SSSR count). The van der Waals surface area contributed by atoms with Crippen molar-refractivity contribution in [1.82, 2.24) is 15.6 Å². The molecule has 98 valence electrons. The van der Waals surface area contributed by atoms with Crippen LogP contribution in [0.1, 0.15) is 23.3 Å². The molecule has 1 amide bonds. The summed E-state index contributed by atoms with van der Waals surface area (Å²) >= 11 is 0. The SMILES string of the molecule is CNC(=O)c1cc(N(C)C2CCCNC2)ccn1. The van der Waals surface area contributed by atoms with Crippen LogP contribution in [0.2, 0.25) is 0 Å². The van der Waals surface area contributed by atoms with Crippen LogP contribution in [0.3, 0.4) is 0 Å². The Kier molecular flexibility index (Phi) is 4.15. The van der Waals surface area contributed by atoms with E-state index in [9.17, 15) is 4.79 Å². The van der Waals surface area contributed by atoms with Gasteiger partial charge in [0, 0.05) is 38.6 Å². The predicted octanol–water partition coefficient (Wildman–Crippen LogP) is 0.629. The first-order valence-electron chi connectivity index (χ1n) is 6.34. The molecule has 1 aromatic heterocycles. The van der Waals surface area contributed by atoms with Crippen molar-refractivity contribution in [2.45, 2.75) is 18.9 Å². The van der Waals surface area contributed by atoms with E-state index in [1.165, 1.54) is 12.8 Å². The van der Waals surface area contributed by atoms with Crippen LogP contribution in [-0.2, 0) is 0 Å². The first kappa shape index (κ1) is 12.8. The Bertz CT molecular complexity index is 415. The van der Waals surface area contributed by atoms with E-state index >= 15 is 0 Å². The van der Waals surface area contributed by atoms with Crippen LogP contribution in [0.4, 0.5) is 5.69 Å². The Balaban J connectivity index is 2.14. The summed E-state index contributed by atoms with van der Waals surface area (Å²) in [6, 6.07) is 4.27. The minimum atomic E-state index is -0.146. The molecule has 0 saturated carbocycles. The summed E-state index contributed by atoms with van der Waals surface area (Å²) in [4.78, 5) is 17.9. The number of hydrogen-bond donors (Lipinski definition) is 2. The van der Waals surface area contributed by atoms with Gasteiger partial charge in [0.25, 0.3) is 5.91 Å². The highest BCUT2D eigenvalue weighted by Crippen LogP contribution is 2.19. The van der Waals surface area contributed by atoms with Gasteiger partial charge in [-0.1, -0.05) is 0 Å². The third-order valence-electron chi connectivity index (χ3n) is 3.43. The molecule has 2 heterocycles. The number of carbonyl (C=O) groups excluding carboxylic acids is 1. The molecule has 1 fully saturated rings. The molecule has 2 N–H and O–H groups in total. The van der Waals surface area contributed by atoms with E-state index < -0.39 is 0 Å². The van der Waals surface area contributed by atoms with Crippen molar-refractivity contribution in [1.29, 1.82) is 0 Å². The molecule has 1 aromatic rings. The number of rotatable bonds is 3. The third kappa shape index (κ3) is 2.79. The molecule has 1 unspecified atom stereocenters. The number of anilines is 1. The zero-order valence-corrected chi connectivity index (χ0v) is 10.9. The van der Waals surface area contributed by atoms with Gasteiger partial charge in [-0.05, 0) is 31.5 Å². The van der Waals surface area contributed by atoms with Crippen molar-refractivity contribution in [2.75, 3.05) is 32.1 Å². The second-order valence-corrected chi connectivity index (χ2v) is 4.59. The van der Waals surface area contributed by atoms with E-state index in [1.807, 2.05) is 12.1 Å². The normalized spacial score (nSPS) is 19.3. The van der Waals surface area contributed by atoms with E-state index in [-0.39, 0.29) is 5.91 Å². The Labute approximate surface area is 108 Å². The van der Waals surface area contributed by atoms with Crippen molar-refractivity contribution in [3.8, 4) is 0 Å². The maximum Gasteiger partial charge on any atom is 0.269 e. The standard InChI is InChI=1S/C13H20N4O/c1-14-13(18)12-8-10(5-7-16-12)17(2)11-4-3-6-15-9-11/h5,7-8,11,15H,3-4,6,9H2,1-2H3,(H,14,18). The van der Waals surface area contributed by atoms with Crippen LogP contribution < -0.4 is 15.5 Å². The summed E-state index contributed by atoms with van der Waals surface area (Å²) in [5.74, 6) is -0.146. The molecule has 1 aliphatic heterocycles. The fraction of sp³-hybridized carbons (Fsp3) is 0.538. The van der Waals surface area contributed by atoms with Gasteiger partial charge < -0.3 is 15.5 Å². The number of carbonyl (C=O) groups is 1. The molecule has 5 heteroatoms. The highest BCUT2D eigenvalue weighted by atomic mass is 16.1. The van der Waals surface area contributed by atoms with Crippen molar-refractivity contribution < 1.29 is 4.79 Å². The van der Waals surface area contributed by atoms with E-state index in [4.69, 9.17) is 0 Å². The molecule has 0 aromatic carbocycles. The van der Waals surface area contributed by atoms with Gasteiger partial charge in [-0.3, -0.25) is 9.78 Å². The number of hydrogen-bond acceptors (Lipinski definition) is 4. The van der Waals surface area contributed by atoms with Gasteiger partial charge in [0.1, 0.15) is 5.69 Å². The molecule has 1 saturated heterocycles. The number of nitrogens with zero attached hydrogens (tertiary/aromatic N) is 2. The van der Waals surface area contributed by atoms with Gasteiger partial charge in [-0.2, -0.15) is 0 Å². The lowest BCUT2D eigenvalue weighted by Gasteiger charge is -2.33. The summed E-state index contributed by atoms with van der Waals surface area (Å²) in [5, 5.41) is 5.99. The monoisotopic (exact) mass is 248 g/mol. The molecule has 18 heavy (non-hydrogen) atoms. The maximum absolute atomic E-state index is 11.6. The van der Waals surface area contributed by atoms with Gasteiger partial charge in [-0.25, -0.2) is 0 Å². The lowest BCUT2D eigenvalue weighted by molar-refractivity contribution is 0.0958. The first-order chi connectivity index (χ1) is 8.72.